The average Bonchev–Trinajstić information content (AvgIpc) is 3.12. The van der Waals surface area contributed by atoms with Crippen molar-refractivity contribution < 1.29 is 9.53 Å². The van der Waals surface area contributed by atoms with Gasteiger partial charge in [-0.1, -0.05) is 29.4 Å². The molecule has 2 aromatic rings. The van der Waals surface area contributed by atoms with Crippen LogP contribution < -0.4 is 4.90 Å². The third kappa shape index (κ3) is 3.41. The predicted octanol–water partition coefficient (Wildman–Crippen LogP) is 0.953. The monoisotopic (exact) mass is 356 g/mol. The molecule has 1 aromatic carbocycles. The van der Waals surface area contributed by atoms with E-state index in [0.717, 1.165) is 38.3 Å². The molecule has 8 nitrogen and oxygen atoms in total. The van der Waals surface area contributed by atoms with Gasteiger partial charge in [-0.2, -0.15) is 0 Å². The van der Waals surface area contributed by atoms with Gasteiger partial charge < -0.3 is 14.5 Å². The van der Waals surface area contributed by atoms with E-state index in [0.29, 0.717) is 13.1 Å². The number of rotatable bonds is 4. The summed E-state index contributed by atoms with van der Waals surface area (Å²) in [6, 6.07) is 8.39. The van der Waals surface area contributed by atoms with Gasteiger partial charge in [-0.05, 0) is 40.8 Å². The van der Waals surface area contributed by atoms with Crippen LogP contribution in [0.1, 0.15) is 30.1 Å². The molecule has 1 fully saturated rings. The van der Waals surface area contributed by atoms with Gasteiger partial charge in [-0.3, -0.25) is 4.79 Å². The molecular formula is C18H24N6O2. The van der Waals surface area contributed by atoms with Crippen molar-refractivity contribution in [2.75, 3.05) is 37.7 Å². The largest absolute Gasteiger partial charge is 0.364 e. The second kappa shape index (κ2) is 7.41. The number of hydrogen-bond acceptors (Lipinski definition) is 6. The Morgan fingerprint density at radius 2 is 2.04 bits per heavy atom. The first-order chi connectivity index (χ1) is 12.7. The number of carbonyl (C=O) groups excluding carboxylic acids is 1. The van der Waals surface area contributed by atoms with Gasteiger partial charge in [-0.15, -0.1) is 0 Å². The number of tetrazole rings is 1. The second-order valence-corrected chi connectivity index (χ2v) is 6.86. The Bertz CT molecular complexity index is 769. The van der Waals surface area contributed by atoms with Crippen LogP contribution in [0.3, 0.4) is 0 Å². The Balaban J connectivity index is 1.29. The first-order valence-corrected chi connectivity index (χ1v) is 9.17. The molecule has 1 aliphatic heterocycles. The zero-order valence-corrected chi connectivity index (χ0v) is 15.0. The van der Waals surface area contributed by atoms with Gasteiger partial charge in [0.25, 0.3) is 0 Å². The van der Waals surface area contributed by atoms with Crippen LogP contribution in [0.4, 0.5) is 5.95 Å². The highest BCUT2D eigenvalue weighted by molar-refractivity contribution is 5.77. The standard InChI is InChI=1S/C18H24N6O2/c1-22-18(19-20-21-22)24-11-9-23(10-12-24)17(25)13-26-16-8-4-6-14-5-2-3-7-15(14)16/h2-3,5,7,16H,4,6,8-13H2,1H3. The van der Waals surface area contributed by atoms with Crippen molar-refractivity contribution in [1.29, 1.82) is 0 Å². The lowest BCUT2D eigenvalue weighted by Gasteiger charge is -2.35. The minimum Gasteiger partial charge on any atom is -0.364 e. The highest BCUT2D eigenvalue weighted by Crippen LogP contribution is 2.32. The summed E-state index contributed by atoms with van der Waals surface area (Å²) < 4.78 is 7.66. The Morgan fingerprint density at radius 1 is 1.23 bits per heavy atom. The summed E-state index contributed by atoms with van der Waals surface area (Å²) in [6.45, 7) is 2.93. The molecule has 0 bridgehead atoms. The van der Waals surface area contributed by atoms with Crippen molar-refractivity contribution in [3.05, 3.63) is 35.4 Å². The van der Waals surface area contributed by atoms with E-state index in [-0.39, 0.29) is 18.6 Å². The molecule has 26 heavy (non-hydrogen) atoms. The maximum atomic E-state index is 12.5. The minimum absolute atomic E-state index is 0.0370. The maximum absolute atomic E-state index is 12.5. The molecule has 1 aromatic heterocycles. The van der Waals surface area contributed by atoms with Crippen molar-refractivity contribution in [2.24, 2.45) is 7.05 Å². The Morgan fingerprint density at radius 3 is 2.81 bits per heavy atom. The zero-order valence-electron chi connectivity index (χ0n) is 15.0. The number of anilines is 1. The highest BCUT2D eigenvalue weighted by atomic mass is 16.5. The van der Waals surface area contributed by atoms with Gasteiger partial charge in [-0.25, -0.2) is 4.68 Å². The first-order valence-electron chi connectivity index (χ1n) is 9.17. The van der Waals surface area contributed by atoms with Crippen LogP contribution in [0, 0.1) is 0 Å². The van der Waals surface area contributed by atoms with Crippen molar-refractivity contribution in [1.82, 2.24) is 25.1 Å². The summed E-state index contributed by atoms with van der Waals surface area (Å²) in [7, 11) is 1.82. The van der Waals surface area contributed by atoms with E-state index < -0.39 is 0 Å². The molecular weight excluding hydrogens is 332 g/mol. The lowest BCUT2D eigenvalue weighted by atomic mass is 9.89. The number of aryl methyl sites for hydroxylation is 2. The number of benzene rings is 1. The van der Waals surface area contributed by atoms with Crippen molar-refractivity contribution in [3.8, 4) is 0 Å². The Kier molecular flexibility index (Phi) is 4.83. The van der Waals surface area contributed by atoms with Crippen LogP contribution in [0.25, 0.3) is 0 Å². The van der Waals surface area contributed by atoms with Crippen LogP contribution in [-0.4, -0.2) is 63.8 Å². The summed E-state index contributed by atoms with van der Waals surface area (Å²) in [5.41, 5.74) is 2.59. The number of amides is 1. The lowest BCUT2D eigenvalue weighted by Crippen LogP contribution is -2.50. The number of fused-ring (bicyclic) bond motifs is 1. The molecule has 2 heterocycles. The third-order valence-electron chi connectivity index (χ3n) is 5.24. The fourth-order valence-corrected chi connectivity index (χ4v) is 3.79. The van der Waals surface area contributed by atoms with Crippen LogP contribution in [0.2, 0.25) is 0 Å². The fraction of sp³-hybridized carbons (Fsp3) is 0.556. The molecule has 1 saturated heterocycles. The SMILES string of the molecule is Cn1nnnc1N1CCN(C(=O)COC2CCCc3ccccc32)CC1. The number of aromatic nitrogens is 4. The van der Waals surface area contributed by atoms with Crippen molar-refractivity contribution in [3.63, 3.8) is 0 Å². The summed E-state index contributed by atoms with van der Waals surface area (Å²) in [5.74, 6) is 0.802. The molecule has 138 valence electrons. The molecule has 1 aliphatic carbocycles. The molecule has 0 N–H and O–H groups in total. The van der Waals surface area contributed by atoms with E-state index in [4.69, 9.17) is 4.74 Å². The van der Waals surface area contributed by atoms with Crippen molar-refractivity contribution in [2.45, 2.75) is 25.4 Å². The van der Waals surface area contributed by atoms with E-state index in [2.05, 4.69) is 38.6 Å². The zero-order chi connectivity index (χ0) is 17.9. The highest BCUT2D eigenvalue weighted by Gasteiger charge is 2.26. The summed E-state index contributed by atoms with van der Waals surface area (Å²) >= 11 is 0. The molecule has 0 radical (unpaired) electrons. The molecule has 2 aliphatic rings. The van der Waals surface area contributed by atoms with Gasteiger partial charge >= 0.3 is 0 Å². The van der Waals surface area contributed by atoms with Crippen LogP contribution in [0.15, 0.2) is 24.3 Å². The lowest BCUT2D eigenvalue weighted by molar-refractivity contribution is -0.139. The maximum Gasteiger partial charge on any atom is 0.248 e. The fourth-order valence-electron chi connectivity index (χ4n) is 3.79. The molecule has 8 heteroatoms. The molecule has 0 spiro atoms. The van der Waals surface area contributed by atoms with Crippen LogP contribution >= 0.6 is 0 Å². The van der Waals surface area contributed by atoms with Gasteiger partial charge in [0.05, 0.1) is 6.10 Å². The normalized spacial score (nSPS) is 20.1. The van der Waals surface area contributed by atoms with Crippen molar-refractivity contribution >= 4 is 11.9 Å². The number of hydrogen-bond donors (Lipinski definition) is 0. The second-order valence-electron chi connectivity index (χ2n) is 6.86. The third-order valence-corrected chi connectivity index (χ3v) is 5.24. The summed E-state index contributed by atoms with van der Waals surface area (Å²) in [5, 5.41) is 11.6. The average molecular weight is 356 g/mol. The quantitative estimate of drug-likeness (QED) is 0.812. The van der Waals surface area contributed by atoms with Gasteiger partial charge in [0.2, 0.25) is 11.9 Å². The van der Waals surface area contributed by atoms with E-state index in [9.17, 15) is 4.79 Å². The van der Waals surface area contributed by atoms with Gasteiger partial charge in [0.15, 0.2) is 0 Å². The van der Waals surface area contributed by atoms with E-state index in [1.54, 1.807) is 4.68 Å². The molecule has 4 rings (SSSR count). The minimum atomic E-state index is 0.0370. The van der Waals surface area contributed by atoms with Gasteiger partial charge in [0.1, 0.15) is 6.61 Å². The van der Waals surface area contributed by atoms with Crippen LogP contribution in [-0.2, 0) is 23.0 Å². The van der Waals surface area contributed by atoms with Crippen LogP contribution in [0.5, 0.6) is 0 Å². The summed E-state index contributed by atoms with van der Waals surface area (Å²) in [4.78, 5) is 16.5. The van der Waals surface area contributed by atoms with E-state index in [1.165, 1.54) is 11.1 Å². The number of carbonyl (C=O) groups is 1. The Hall–Kier alpha value is -2.48. The molecule has 1 amide bonds. The van der Waals surface area contributed by atoms with E-state index >= 15 is 0 Å². The predicted molar refractivity (Wildman–Crippen MR) is 95.7 cm³/mol. The first kappa shape index (κ1) is 17.0. The number of ether oxygens (including phenoxy) is 1. The van der Waals surface area contributed by atoms with Gasteiger partial charge in [0, 0.05) is 33.2 Å². The smallest absolute Gasteiger partial charge is 0.248 e. The topological polar surface area (TPSA) is 76.4 Å². The molecule has 0 saturated carbocycles. The Labute approximate surface area is 152 Å². The van der Waals surface area contributed by atoms with E-state index in [1.807, 2.05) is 18.0 Å². The summed E-state index contributed by atoms with van der Waals surface area (Å²) in [6.07, 6.45) is 3.23. The molecule has 1 atom stereocenters. The number of nitrogens with zero attached hydrogens (tertiary/aromatic N) is 6. The number of piperazine rings is 1. The molecule has 1 unspecified atom stereocenters.